The molecule has 6 aliphatic rings. The summed E-state index contributed by atoms with van der Waals surface area (Å²) >= 11 is 0. The largest absolute Gasteiger partial charge is 0.373 e. The Morgan fingerprint density at radius 3 is 1.50 bits per heavy atom. The van der Waals surface area contributed by atoms with Crippen LogP contribution in [0.3, 0.4) is 0 Å². The average molecular weight is 1470 g/mol. The minimum absolute atomic E-state index is 0.00269. The Hall–Kier alpha value is -7.39. The number of para-hydroxylation sites is 1. The first-order valence-electron chi connectivity index (χ1n) is 39.2. The van der Waals surface area contributed by atoms with E-state index in [4.69, 9.17) is 18.9 Å². The number of benzene rings is 4. The van der Waals surface area contributed by atoms with E-state index >= 15 is 0 Å². The van der Waals surface area contributed by atoms with Gasteiger partial charge in [-0.05, 0) is 193 Å². The maximum atomic E-state index is 14.2. The number of carbonyl (C=O) groups excluding carboxylic acids is 3. The van der Waals surface area contributed by atoms with E-state index in [2.05, 4.69) is 107 Å². The van der Waals surface area contributed by atoms with Crippen LogP contribution in [-0.4, -0.2) is 70.5 Å². The van der Waals surface area contributed by atoms with Crippen LogP contribution in [0.15, 0.2) is 97.1 Å². The molecule has 1 heterocycles. The molecule has 0 aromatic heterocycles. The highest BCUT2D eigenvalue weighted by atomic mass is 19.3. The van der Waals surface area contributed by atoms with E-state index in [1.807, 2.05) is 167 Å². The Kier molecular flexibility index (Phi) is 35.9. The molecule has 4 aromatic rings. The van der Waals surface area contributed by atoms with E-state index in [9.17, 15) is 31.9 Å². The predicted octanol–water partition coefficient (Wildman–Crippen LogP) is 23.6. The second-order valence-electron chi connectivity index (χ2n) is 34.7. The molecule has 4 aromatic carbocycles. The van der Waals surface area contributed by atoms with Crippen LogP contribution in [0, 0.1) is 87.3 Å². The van der Waals surface area contributed by atoms with E-state index < -0.39 is 28.6 Å². The van der Waals surface area contributed by atoms with Gasteiger partial charge in [0.05, 0.1) is 53.8 Å². The number of hydrogen-bond donors (Lipinski definition) is 0. The normalized spacial score (nSPS) is 20.4. The molecule has 0 saturated heterocycles. The third-order valence-electron chi connectivity index (χ3n) is 17.8. The summed E-state index contributed by atoms with van der Waals surface area (Å²) in [5.41, 5.74) is 5.17. The van der Waals surface area contributed by atoms with E-state index in [0.717, 1.165) is 97.7 Å². The van der Waals surface area contributed by atoms with Gasteiger partial charge in [-0.15, -0.1) is 23.7 Å². The standard InChI is InChI=1S/C20H19NO.C20H26O2.C19H22F2O.C12H18F2O.2C12H20O/c1-20(2,3)19(22)21-14-17-10-5-4-8-15(17)12-13-16-9-6-7-11-18(16)21;1-20(2,3)19(21)17-13-11-16(12-14-17)15-22-18-9-7-5-4-6-8-10-18;1-18(2,3)17(22)15-11-9-14(10-12-15)16-8-6-4-5-7-13-19(16,20)21;1-11(2,3)15-10-7-5-4-6-8-12(13,14)9-10;2*1-12(2,3)13-11-9-7-5-4-6-8-10-11/h4-11H,14H2,1-3H3;11-14,18H,4-7,9,15H2,1-3H3;9-12,16H,4-6,8H2,1-3H3;10H,4-5,7,9H2,1-3H3;11H,5,7-10H2,1-3H3;11H,4-7,9H2,1-3H3. The molecule has 580 valence electrons. The smallest absolute Gasteiger partial charge is 0.314 e. The molecule has 10 rings (SSSR count). The zero-order valence-electron chi connectivity index (χ0n) is 68.1. The van der Waals surface area contributed by atoms with Crippen molar-refractivity contribution >= 4 is 23.2 Å². The Labute approximate surface area is 643 Å². The average Bonchev–Trinajstić information content (AvgIpc) is 0.801. The molecule has 12 heteroatoms. The lowest BCUT2D eigenvalue weighted by Crippen LogP contribution is -2.40. The summed E-state index contributed by atoms with van der Waals surface area (Å²) in [6.07, 6.45) is 21.7. The number of carbonyl (C=O) groups is 3. The van der Waals surface area contributed by atoms with Crippen molar-refractivity contribution in [1.29, 1.82) is 0 Å². The molecular weight excluding hydrogens is 1340 g/mol. The van der Waals surface area contributed by atoms with Crippen LogP contribution in [0.2, 0.25) is 0 Å². The zero-order chi connectivity index (χ0) is 79.1. The lowest BCUT2D eigenvalue weighted by atomic mass is 9.83. The highest BCUT2D eigenvalue weighted by Gasteiger charge is 2.40. The van der Waals surface area contributed by atoms with Crippen LogP contribution in [-0.2, 0) is 36.9 Å². The number of hydrogen-bond acceptors (Lipinski definition) is 7. The number of halogens is 4. The van der Waals surface area contributed by atoms with Gasteiger partial charge in [-0.25, -0.2) is 0 Å². The summed E-state index contributed by atoms with van der Waals surface area (Å²) in [6.45, 7) is 36.6. The lowest BCUT2D eigenvalue weighted by molar-refractivity contribution is -0.126. The van der Waals surface area contributed by atoms with Gasteiger partial charge in [0.1, 0.15) is 12.2 Å². The summed E-state index contributed by atoms with van der Waals surface area (Å²) in [6, 6.07) is 30.3. The third kappa shape index (κ3) is 35.2. The number of Topliss-reactive ketones (excluding diaryl/α,β-unsaturated/α-hetero) is 2. The summed E-state index contributed by atoms with van der Waals surface area (Å²) in [5, 5.41) is 0. The Balaban J connectivity index is 0.000000234. The van der Waals surface area contributed by atoms with E-state index in [-0.39, 0.29) is 64.4 Å². The van der Waals surface area contributed by atoms with Crippen molar-refractivity contribution in [3.8, 4) is 71.0 Å². The fraction of sp³-hybridized carbons (Fsp3) is 0.589. The molecule has 5 aliphatic carbocycles. The van der Waals surface area contributed by atoms with Gasteiger partial charge in [0.15, 0.2) is 11.6 Å². The number of rotatable bonds is 9. The molecule has 8 nitrogen and oxygen atoms in total. The molecule has 0 radical (unpaired) electrons. The van der Waals surface area contributed by atoms with Crippen molar-refractivity contribution in [2.75, 3.05) is 4.90 Å². The van der Waals surface area contributed by atoms with Gasteiger partial charge in [-0.2, -0.15) is 17.6 Å². The van der Waals surface area contributed by atoms with Crippen LogP contribution in [0.5, 0.6) is 0 Å². The molecular formula is C95H125F4NO7. The summed E-state index contributed by atoms with van der Waals surface area (Å²) in [4.78, 5) is 39.2. The monoisotopic (exact) mass is 1470 g/mol. The topological polar surface area (TPSA) is 91.4 Å². The Morgan fingerprint density at radius 2 is 0.907 bits per heavy atom. The van der Waals surface area contributed by atoms with Gasteiger partial charge < -0.3 is 23.8 Å². The second kappa shape index (κ2) is 42.5. The van der Waals surface area contributed by atoms with Crippen molar-refractivity contribution in [2.45, 2.75) is 344 Å². The van der Waals surface area contributed by atoms with Gasteiger partial charge in [0, 0.05) is 83.4 Å². The van der Waals surface area contributed by atoms with Crippen molar-refractivity contribution in [3.63, 3.8) is 0 Å². The Bertz CT molecular complexity index is 3870. The van der Waals surface area contributed by atoms with Gasteiger partial charge in [0.2, 0.25) is 5.91 Å². The van der Waals surface area contributed by atoms with Crippen LogP contribution in [0.1, 0.15) is 327 Å². The third-order valence-corrected chi connectivity index (χ3v) is 17.8. The molecule has 1 amide bonds. The highest BCUT2D eigenvalue weighted by Crippen LogP contribution is 2.39. The zero-order valence-corrected chi connectivity index (χ0v) is 68.1. The number of fused-ring (bicyclic) bond motifs is 2. The first-order valence-corrected chi connectivity index (χ1v) is 39.2. The minimum Gasteiger partial charge on any atom is -0.373 e. The number of ether oxygens (including phenoxy) is 4. The fourth-order valence-electron chi connectivity index (χ4n) is 12.5. The van der Waals surface area contributed by atoms with E-state index in [1.165, 1.54) is 51.4 Å². The molecule has 5 unspecified atom stereocenters. The van der Waals surface area contributed by atoms with Crippen LogP contribution < -0.4 is 4.90 Å². The maximum Gasteiger partial charge on any atom is 0.314 e. The van der Waals surface area contributed by atoms with Gasteiger partial charge in [0.25, 0.3) is 0 Å². The predicted molar refractivity (Wildman–Crippen MR) is 430 cm³/mol. The van der Waals surface area contributed by atoms with Crippen molar-refractivity contribution < 1.29 is 50.9 Å². The van der Waals surface area contributed by atoms with Crippen molar-refractivity contribution in [3.05, 3.63) is 136 Å². The number of nitrogens with zero attached hydrogens (tertiary/aromatic N) is 1. The highest BCUT2D eigenvalue weighted by molar-refractivity contribution is 6.00. The number of ketones is 2. The molecule has 0 spiro atoms. The summed E-state index contributed by atoms with van der Waals surface area (Å²) in [5.74, 6) is 28.3. The number of alkyl halides is 4. The second-order valence-corrected chi connectivity index (χ2v) is 34.7. The first-order chi connectivity index (χ1) is 50.1. The number of amides is 1. The minimum atomic E-state index is -3.00. The molecule has 0 saturated carbocycles. The molecule has 5 atom stereocenters. The van der Waals surface area contributed by atoms with Crippen LogP contribution in [0.4, 0.5) is 23.2 Å². The lowest BCUT2D eigenvalue weighted by Gasteiger charge is -2.31. The molecule has 0 bridgehead atoms. The SMILES string of the molecule is CC(C)(C)C(=O)N1Cc2ccccc2C#Cc2ccccc21.CC(C)(C)C(=O)c1ccc(C2CCCCC#CC2(F)F)cc1.CC(C)(C)C(=O)c1ccc(COC2C#CCCCCC2)cc1.CC(C)(C)OC1C#CCCCCC1.CC(C)(C)OC1CCC#CCCC1.CC(C)(C)OC1CCCC#CC(F)(F)C1. The molecule has 107 heavy (non-hydrogen) atoms. The van der Waals surface area contributed by atoms with E-state index in [1.54, 1.807) is 24.3 Å². The van der Waals surface area contributed by atoms with Crippen LogP contribution in [0.25, 0.3) is 0 Å². The van der Waals surface area contributed by atoms with Crippen molar-refractivity contribution in [1.82, 2.24) is 0 Å². The first kappa shape index (κ1) is 90.2. The maximum absolute atomic E-state index is 14.2. The Morgan fingerprint density at radius 1 is 0.439 bits per heavy atom. The van der Waals surface area contributed by atoms with Crippen LogP contribution >= 0.6 is 0 Å². The molecule has 0 N–H and O–H groups in total. The van der Waals surface area contributed by atoms with E-state index in [0.29, 0.717) is 56.1 Å². The van der Waals surface area contributed by atoms with Crippen molar-refractivity contribution in [2.24, 2.45) is 16.2 Å². The molecule has 0 fully saturated rings. The molecule has 1 aliphatic heterocycles. The quantitative estimate of drug-likeness (QED) is 0.0936. The summed E-state index contributed by atoms with van der Waals surface area (Å²) in [7, 11) is 0. The van der Waals surface area contributed by atoms with Gasteiger partial charge in [-0.1, -0.05) is 196 Å². The summed E-state index contributed by atoms with van der Waals surface area (Å²) < 4.78 is 78.1. The fourth-order valence-corrected chi connectivity index (χ4v) is 12.5. The number of anilines is 1. The van der Waals surface area contributed by atoms with Gasteiger partial charge >= 0.3 is 11.8 Å². The van der Waals surface area contributed by atoms with Gasteiger partial charge in [-0.3, -0.25) is 14.4 Å².